The van der Waals surface area contributed by atoms with Crippen LogP contribution in [0.5, 0.6) is 0 Å². The number of halogens is 5. The zero-order valence-corrected chi connectivity index (χ0v) is 20.8. The summed E-state index contributed by atoms with van der Waals surface area (Å²) in [6, 6.07) is 8.55. The molecule has 1 aliphatic heterocycles. The number of ether oxygens (including phenoxy) is 2. The second-order valence-corrected chi connectivity index (χ2v) is 9.10. The first-order valence-electron chi connectivity index (χ1n) is 11.9. The Kier molecular flexibility index (Phi) is 9.14. The molecule has 38 heavy (non-hydrogen) atoms. The fourth-order valence-electron chi connectivity index (χ4n) is 3.87. The van der Waals surface area contributed by atoms with E-state index < -0.39 is 47.4 Å². The van der Waals surface area contributed by atoms with Crippen molar-refractivity contribution < 1.29 is 46.1 Å². The first kappa shape index (κ1) is 29.1. The Bertz CT molecular complexity index is 1150. The predicted molar refractivity (Wildman–Crippen MR) is 128 cm³/mol. The number of aliphatic hydroxyl groups is 1. The summed E-state index contributed by atoms with van der Waals surface area (Å²) < 4.78 is 78.5. The SMILES string of the molecule is CC(C)OC(=O)c1ccc(CCN2C(=O)OCC[C@@H]2/C=C/[C@@H](O)C(F)(F)c2cccc(C(F)(F)F)c2)cc1. The van der Waals surface area contributed by atoms with Crippen LogP contribution in [0.25, 0.3) is 0 Å². The predicted octanol–water partition coefficient (Wildman–Crippen LogP) is 5.73. The molecule has 2 aromatic carbocycles. The van der Waals surface area contributed by atoms with Crippen LogP contribution in [0.3, 0.4) is 0 Å². The monoisotopic (exact) mass is 541 g/mol. The number of esters is 1. The largest absolute Gasteiger partial charge is 0.459 e. The molecule has 0 saturated carbocycles. The Morgan fingerprint density at radius 2 is 1.79 bits per heavy atom. The number of benzene rings is 2. The van der Waals surface area contributed by atoms with Gasteiger partial charge >= 0.3 is 24.2 Å². The Morgan fingerprint density at radius 1 is 1.13 bits per heavy atom. The molecular weight excluding hydrogens is 513 g/mol. The zero-order valence-electron chi connectivity index (χ0n) is 20.8. The van der Waals surface area contributed by atoms with E-state index >= 15 is 0 Å². The highest BCUT2D eigenvalue weighted by molar-refractivity contribution is 5.89. The van der Waals surface area contributed by atoms with Crippen molar-refractivity contribution in [2.24, 2.45) is 0 Å². The maximum Gasteiger partial charge on any atom is 0.416 e. The van der Waals surface area contributed by atoms with Crippen molar-refractivity contribution >= 4 is 12.1 Å². The first-order valence-corrected chi connectivity index (χ1v) is 11.9. The van der Waals surface area contributed by atoms with Gasteiger partial charge in [-0.1, -0.05) is 36.4 Å². The summed E-state index contributed by atoms with van der Waals surface area (Å²) in [4.78, 5) is 25.7. The number of carbonyl (C=O) groups is 2. The van der Waals surface area contributed by atoms with Crippen molar-refractivity contribution in [1.29, 1.82) is 0 Å². The van der Waals surface area contributed by atoms with Gasteiger partial charge in [-0.15, -0.1) is 0 Å². The molecule has 0 aliphatic carbocycles. The summed E-state index contributed by atoms with van der Waals surface area (Å²) >= 11 is 0. The van der Waals surface area contributed by atoms with Crippen molar-refractivity contribution in [2.75, 3.05) is 13.2 Å². The van der Waals surface area contributed by atoms with Crippen molar-refractivity contribution in [3.05, 3.63) is 82.9 Å². The fraction of sp³-hybridized carbons (Fsp3) is 0.407. The number of amides is 1. The topological polar surface area (TPSA) is 76.1 Å². The third-order valence-electron chi connectivity index (χ3n) is 5.91. The van der Waals surface area contributed by atoms with Crippen molar-refractivity contribution in [3.8, 4) is 0 Å². The molecule has 3 rings (SSSR count). The van der Waals surface area contributed by atoms with E-state index in [0.717, 1.165) is 23.8 Å². The molecule has 6 nitrogen and oxygen atoms in total. The minimum absolute atomic E-state index is 0.0388. The van der Waals surface area contributed by atoms with Crippen LogP contribution in [-0.4, -0.2) is 53.5 Å². The third kappa shape index (κ3) is 7.31. The minimum atomic E-state index is -4.81. The molecule has 0 spiro atoms. The summed E-state index contributed by atoms with van der Waals surface area (Å²) in [6.07, 6.45) is -5.52. The lowest BCUT2D eigenvalue weighted by molar-refractivity contribution is -0.138. The summed E-state index contributed by atoms with van der Waals surface area (Å²) in [5, 5.41) is 10.1. The smallest absolute Gasteiger partial charge is 0.416 e. The van der Waals surface area contributed by atoms with Crippen LogP contribution in [0.4, 0.5) is 26.7 Å². The maximum atomic E-state index is 14.8. The van der Waals surface area contributed by atoms with Crippen LogP contribution >= 0.6 is 0 Å². The van der Waals surface area contributed by atoms with E-state index in [1.54, 1.807) is 38.1 Å². The van der Waals surface area contributed by atoms with E-state index in [0.29, 0.717) is 24.1 Å². The molecule has 1 heterocycles. The van der Waals surface area contributed by atoms with Gasteiger partial charge in [0.25, 0.3) is 0 Å². The van der Waals surface area contributed by atoms with E-state index in [9.17, 15) is 36.6 Å². The minimum Gasteiger partial charge on any atom is -0.459 e. The molecule has 0 radical (unpaired) electrons. The number of aliphatic hydroxyl groups excluding tert-OH is 1. The number of cyclic esters (lactones) is 1. The highest BCUT2D eigenvalue weighted by atomic mass is 19.4. The molecule has 1 fully saturated rings. The lowest BCUT2D eigenvalue weighted by atomic mass is 9.99. The molecule has 0 aromatic heterocycles. The number of carbonyl (C=O) groups excluding carboxylic acids is 2. The van der Waals surface area contributed by atoms with Gasteiger partial charge in [-0.05, 0) is 50.1 Å². The highest BCUT2D eigenvalue weighted by Crippen LogP contribution is 2.37. The molecule has 0 unspecified atom stereocenters. The highest BCUT2D eigenvalue weighted by Gasteiger charge is 2.41. The van der Waals surface area contributed by atoms with Gasteiger partial charge < -0.3 is 19.5 Å². The van der Waals surface area contributed by atoms with Gasteiger partial charge in [0.05, 0.1) is 29.9 Å². The number of nitrogens with zero attached hydrogens (tertiary/aromatic N) is 1. The van der Waals surface area contributed by atoms with Crippen LogP contribution < -0.4 is 0 Å². The van der Waals surface area contributed by atoms with Crippen molar-refractivity contribution in [3.63, 3.8) is 0 Å². The summed E-state index contributed by atoms with van der Waals surface area (Å²) in [7, 11) is 0. The molecule has 2 aromatic rings. The summed E-state index contributed by atoms with van der Waals surface area (Å²) in [6.45, 7) is 3.67. The van der Waals surface area contributed by atoms with E-state index in [2.05, 4.69) is 0 Å². The van der Waals surface area contributed by atoms with Crippen LogP contribution in [0, 0.1) is 0 Å². The average molecular weight is 542 g/mol. The number of hydrogen-bond acceptors (Lipinski definition) is 5. The maximum absolute atomic E-state index is 14.8. The summed E-state index contributed by atoms with van der Waals surface area (Å²) in [5.74, 6) is -4.46. The van der Waals surface area contributed by atoms with E-state index in [-0.39, 0.29) is 25.7 Å². The standard InChI is InChI=1S/C27H28F5NO5/c1-17(2)38-24(35)19-8-6-18(7-9-19)12-14-33-22(13-15-37-25(33)36)10-11-23(34)26(28,29)20-4-3-5-21(16-20)27(30,31)32/h3-11,16-17,22-23,34H,12-15H2,1-2H3/b11-10+/t22-,23+/m0/s1. The Morgan fingerprint density at radius 3 is 2.42 bits per heavy atom. The van der Waals surface area contributed by atoms with Crippen molar-refractivity contribution in [2.45, 2.75) is 57.0 Å². The van der Waals surface area contributed by atoms with Gasteiger partial charge in [0, 0.05) is 18.5 Å². The van der Waals surface area contributed by atoms with Gasteiger partial charge in [0.2, 0.25) is 0 Å². The number of rotatable bonds is 9. The molecule has 206 valence electrons. The average Bonchev–Trinajstić information content (AvgIpc) is 2.86. The Hall–Kier alpha value is -3.47. The van der Waals surface area contributed by atoms with E-state index in [1.807, 2.05) is 0 Å². The van der Waals surface area contributed by atoms with E-state index in [1.165, 1.54) is 11.0 Å². The Labute approximate surface area is 216 Å². The molecule has 1 N–H and O–H groups in total. The van der Waals surface area contributed by atoms with Gasteiger partial charge in [0.1, 0.15) is 6.10 Å². The van der Waals surface area contributed by atoms with Gasteiger partial charge in [0.15, 0.2) is 0 Å². The molecular formula is C27H28F5NO5. The number of hydrogen-bond donors (Lipinski definition) is 1. The molecule has 1 saturated heterocycles. The molecule has 1 aliphatic rings. The molecule has 2 atom stereocenters. The third-order valence-corrected chi connectivity index (χ3v) is 5.91. The molecule has 0 bridgehead atoms. The second-order valence-electron chi connectivity index (χ2n) is 9.10. The zero-order chi connectivity index (χ0) is 28.1. The number of alkyl halides is 5. The van der Waals surface area contributed by atoms with Crippen LogP contribution in [0.15, 0.2) is 60.7 Å². The van der Waals surface area contributed by atoms with Crippen molar-refractivity contribution in [1.82, 2.24) is 4.90 Å². The second kappa shape index (κ2) is 11.9. The molecule has 1 amide bonds. The van der Waals surface area contributed by atoms with Crippen LogP contribution in [-0.2, 0) is 28.0 Å². The van der Waals surface area contributed by atoms with Crippen LogP contribution in [0.1, 0.15) is 47.3 Å². The summed E-state index contributed by atoms with van der Waals surface area (Å²) in [5.41, 5.74) is -1.07. The fourth-order valence-corrected chi connectivity index (χ4v) is 3.87. The lowest BCUT2D eigenvalue weighted by Gasteiger charge is -2.33. The first-order chi connectivity index (χ1) is 17.8. The Balaban J connectivity index is 1.68. The lowest BCUT2D eigenvalue weighted by Crippen LogP contribution is -2.45. The quantitative estimate of drug-likeness (QED) is 0.249. The van der Waals surface area contributed by atoms with Gasteiger partial charge in [-0.25, -0.2) is 9.59 Å². The van der Waals surface area contributed by atoms with E-state index in [4.69, 9.17) is 9.47 Å². The normalized spacial score (nSPS) is 17.6. The van der Waals surface area contributed by atoms with Crippen LogP contribution in [0.2, 0.25) is 0 Å². The van der Waals surface area contributed by atoms with Gasteiger partial charge in [-0.2, -0.15) is 22.0 Å². The molecule has 11 heteroatoms. The van der Waals surface area contributed by atoms with Gasteiger partial charge in [-0.3, -0.25) is 0 Å².